The Kier molecular flexibility index (Phi) is 2.96. The molecule has 0 spiro atoms. The van der Waals surface area contributed by atoms with Crippen LogP contribution in [0.2, 0.25) is 0 Å². The van der Waals surface area contributed by atoms with Crippen LogP contribution in [-0.4, -0.2) is 23.8 Å². The highest BCUT2D eigenvalue weighted by atomic mass is 35.5. The Labute approximate surface area is 97.7 Å². The molecule has 2 rings (SSSR count). The van der Waals surface area contributed by atoms with Crippen LogP contribution in [0.3, 0.4) is 0 Å². The first-order valence-electron chi connectivity index (χ1n) is 4.77. The highest BCUT2D eigenvalue weighted by molar-refractivity contribution is 6.30. The van der Waals surface area contributed by atoms with Crippen LogP contribution < -0.4 is 5.43 Å². The molecular formula is C10H10ClN3O2. The third kappa shape index (κ3) is 1.94. The molecule has 0 saturated heterocycles. The van der Waals surface area contributed by atoms with Gasteiger partial charge in [-0.1, -0.05) is 11.6 Å². The number of hydrogen-bond acceptors (Lipinski definition) is 5. The maximum Gasteiger partial charge on any atom is 0.340 e. The van der Waals surface area contributed by atoms with E-state index in [1.165, 1.54) is 6.21 Å². The fourth-order valence-corrected chi connectivity index (χ4v) is 1.51. The van der Waals surface area contributed by atoms with E-state index >= 15 is 0 Å². The molecule has 2 heterocycles. The van der Waals surface area contributed by atoms with E-state index in [-0.39, 0.29) is 5.97 Å². The Balaban J connectivity index is 2.33. The first kappa shape index (κ1) is 10.8. The van der Waals surface area contributed by atoms with Gasteiger partial charge in [0, 0.05) is 6.20 Å². The minimum Gasteiger partial charge on any atom is -0.462 e. The lowest BCUT2D eigenvalue weighted by atomic mass is 10.1. The number of allylic oxidation sites excluding steroid dienone is 1. The molecule has 6 heteroatoms. The smallest absolute Gasteiger partial charge is 0.340 e. The van der Waals surface area contributed by atoms with Gasteiger partial charge in [-0.2, -0.15) is 0 Å². The number of nitrogens with one attached hydrogen (secondary N) is 1. The van der Waals surface area contributed by atoms with Gasteiger partial charge in [0.2, 0.25) is 0 Å². The summed E-state index contributed by atoms with van der Waals surface area (Å²) in [4.78, 5) is 15.6. The molecule has 0 aromatic carbocycles. The van der Waals surface area contributed by atoms with Crippen molar-refractivity contribution in [1.82, 2.24) is 10.4 Å². The minimum atomic E-state index is -0.377. The Morgan fingerprint density at radius 2 is 2.50 bits per heavy atom. The maximum atomic E-state index is 11.6. The lowest BCUT2D eigenvalue weighted by Gasteiger charge is -2.27. The monoisotopic (exact) mass is 239 g/mol. The van der Waals surface area contributed by atoms with Crippen LogP contribution >= 0.6 is 11.6 Å². The fourth-order valence-electron chi connectivity index (χ4n) is 1.37. The van der Waals surface area contributed by atoms with Crippen molar-refractivity contribution >= 4 is 23.8 Å². The summed E-state index contributed by atoms with van der Waals surface area (Å²) < 4.78 is 4.94. The third-order valence-electron chi connectivity index (χ3n) is 2.04. The van der Waals surface area contributed by atoms with Crippen LogP contribution in [0.1, 0.15) is 6.92 Å². The molecule has 0 aromatic heterocycles. The number of hydrazine groups is 1. The largest absolute Gasteiger partial charge is 0.462 e. The van der Waals surface area contributed by atoms with Gasteiger partial charge in [0.25, 0.3) is 0 Å². The molecule has 0 saturated carbocycles. The van der Waals surface area contributed by atoms with Gasteiger partial charge in [-0.15, -0.1) is 0 Å². The van der Waals surface area contributed by atoms with Gasteiger partial charge in [-0.25, -0.2) is 9.79 Å². The van der Waals surface area contributed by atoms with Crippen LogP contribution in [0.25, 0.3) is 0 Å². The van der Waals surface area contributed by atoms with E-state index in [1.807, 2.05) is 0 Å². The minimum absolute atomic E-state index is 0.338. The predicted octanol–water partition coefficient (Wildman–Crippen LogP) is 1.26. The molecule has 0 radical (unpaired) electrons. The number of hydrogen-bond donors (Lipinski definition) is 1. The van der Waals surface area contributed by atoms with Gasteiger partial charge in [-0.3, -0.25) is 5.01 Å². The van der Waals surface area contributed by atoms with Crippen molar-refractivity contribution in [3.8, 4) is 0 Å². The second-order valence-corrected chi connectivity index (χ2v) is 3.45. The second kappa shape index (κ2) is 4.40. The number of fused-ring (bicyclic) bond motifs is 1. The Hall–Kier alpha value is -1.75. The van der Waals surface area contributed by atoms with Crippen LogP contribution in [0.15, 0.2) is 39.9 Å². The van der Waals surface area contributed by atoms with Crippen molar-refractivity contribution in [2.24, 2.45) is 4.99 Å². The van der Waals surface area contributed by atoms with Crippen LogP contribution in [0.5, 0.6) is 0 Å². The van der Waals surface area contributed by atoms with Crippen molar-refractivity contribution in [2.75, 3.05) is 6.61 Å². The number of carbonyl (C=O) groups is 1. The summed E-state index contributed by atoms with van der Waals surface area (Å²) in [5, 5.41) is 1.96. The zero-order valence-corrected chi connectivity index (χ0v) is 9.36. The highest BCUT2D eigenvalue weighted by Gasteiger charge is 2.22. The molecule has 1 N–H and O–H groups in total. The highest BCUT2D eigenvalue weighted by Crippen LogP contribution is 2.20. The van der Waals surface area contributed by atoms with Crippen LogP contribution in [0.4, 0.5) is 0 Å². The summed E-state index contributed by atoms with van der Waals surface area (Å²) in [6.45, 7) is 2.10. The number of esters is 1. The lowest BCUT2D eigenvalue weighted by molar-refractivity contribution is -0.138. The molecule has 0 aromatic rings. The maximum absolute atomic E-state index is 11.6. The van der Waals surface area contributed by atoms with Crippen LogP contribution in [0, 0.1) is 0 Å². The summed E-state index contributed by atoms with van der Waals surface area (Å²) in [5.74, 6) is -0.377. The van der Waals surface area contributed by atoms with E-state index in [9.17, 15) is 4.79 Å². The Bertz CT molecular complexity index is 437. The van der Waals surface area contributed by atoms with Gasteiger partial charge in [0.1, 0.15) is 5.16 Å². The number of rotatable bonds is 2. The molecule has 0 atom stereocenters. The number of nitrogens with zero attached hydrogens (tertiary/aromatic N) is 2. The summed E-state index contributed by atoms with van der Waals surface area (Å²) in [6.07, 6.45) is 6.38. The molecule has 0 amide bonds. The summed E-state index contributed by atoms with van der Waals surface area (Å²) in [6, 6.07) is 0. The Morgan fingerprint density at radius 3 is 3.25 bits per heavy atom. The van der Waals surface area contributed by atoms with Gasteiger partial charge in [0.15, 0.2) is 0 Å². The van der Waals surface area contributed by atoms with E-state index in [0.717, 1.165) is 0 Å². The van der Waals surface area contributed by atoms with Gasteiger partial charge >= 0.3 is 5.97 Å². The number of halogens is 1. The number of aliphatic imine (C=N–C) groups is 1. The molecule has 0 unspecified atom stereocenters. The molecule has 0 aliphatic carbocycles. The fraction of sp³-hybridized carbons (Fsp3) is 0.200. The summed E-state index contributed by atoms with van der Waals surface area (Å²) in [7, 11) is 0. The lowest BCUT2D eigenvalue weighted by Crippen LogP contribution is -2.35. The van der Waals surface area contributed by atoms with Gasteiger partial charge in [-0.05, 0) is 13.0 Å². The molecule has 0 fully saturated rings. The third-order valence-corrected chi connectivity index (χ3v) is 2.24. The van der Waals surface area contributed by atoms with Gasteiger partial charge in [0.05, 0.1) is 30.3 Å². The van der Waals surface area contributed by atoms with E-state index < -0.39 is 0 Å². The summed E-state index contributed by atoms with van der Waals surface area (Å²) >= 11 is 5.74. The average molecular weight is 240 g/mol. The molecular weight excluding hydrogens is 230 g/mol. The first-order chi connectivity index (χ1) is 7.72. The normalized spacial score (nSPS) is 17.9. The zero-order chi connectivity index (χ0) is 11.5. The molecule has 2 aliphatic heterocycles. The summed E-state index contributed by atoms with van der Waals surface area (Å²) in [5.41, 5.74) is 3.98. The van der Waals surface area contributed by atoms with Crippen molar-refractivity contribution in [3.05, 3.63) is 34.9 Å². The Morgan fingerprint density at radius 1 is 1.69 bits per heavy atom. The first-order valence-corrected chi connectivity index (χ1v) is 5.15. The van der Waals surface area contributed by atoms with Crippen molar-refractivity contribution < 1.29 is 9.53 Å². The topological polar surface area (TPSA) is 53.9 Å². The second-order valence-electron chi connectivity index (χ2n) is 3.06. The van der Waals surface area contributed by atoms with E-state index in [2.05, 4.69) is 10.4 Å². The zero-order valence-electron chi connectivity index (χ0n) is 8.61. The average Bonchev–Trinajstić information content (AvgIpc) is 2.28. The predicted molar refractivity (Wildman–Crippen MR) is 60.2 cm³/mol. The van der Waals surface area contributed by atoms with E-state index in [1.54, 1.807) is 30.4 Å². The van der Waals surface area contributed by atoms with E-state index in [0.29, 0.717) is 23.0 Å². The standard InChI is InChI=1S/C10H10ClN3O2/c1-2-16-10(15)7-3-4-13-14-6-9(11)12-5-8(7)14/h3-6,13H,2H2,1H3. The van der Waals surface area contributed by atoms with Crippen molar-refractivity contribution in [3.63, 3.8) is 0 Å². The number of carbonyl (C=O) groups excluding carboxylic acids is 1. The molecule has 5 nitrogen and oxygen atoms in total. The quantitative estimate of drug-likeness (QED) is 0.582. The van der Waals surface area contributed by atoms with E-state index in [4.69, 9.17) is 16.3 Å². The molecule has 84 valence electrons. The molecule has 2 aliphatic rings. The number of ether oxygens (including phenoxy) is 1. The van der Waals surface area contributed by atoms with Crippen molar-refractivity contribution in [1.29, 1.82) is 0 Å². The molecule has 0 bridgehead atoms. The SMILES string of the molecule is CCOC(=O)C1=C2C=NC(Cl)=CN2NC=C1. The van der Waals surface area contributed by atoms with Crippen molar-refractivity contribution in [2.45, 2.75) is 6.92 Å². The van der Waals surface area contributed by atoms with Crippen LogP contribution in [-0.2, 0) is 9.53 Å². The molecule has 16 heavy (non-hydrogen) atoms. The van der Waals surface area contributed by atoms with Gasteiger partial charge < -0.3 is 10.2 Å².